The molecule has 1 aromatic carbocycles. The first-order valence-corrected chi connectivity index (χ1v) is 6.50. The summed E-state index contributed by atoms with van der Waals surface area (Å²) in [5.74, 6) is 0.933. The first kappa shape index (κ1) is 9.66. The van der Waals surface area contributed by atoms with E-state index in [9.17, 15) is 4.79 Å². The molecule has 0 radical (unpaired) electrons. The molecule has 1 N–H and O–H groups in total. The van der Waals surface area contributed by atoms with Gasteiger partial charge in [-0.25, -0.2) is 0 Å². The van der Waals surface area contributed by atoms with Gasteiger partial charge in [0, 0.05) is 25.6 Å². The standard InChI is InChI=1S/C14H16N2O/c17-14-12-8-15-7-11(12)10-5-1-3-9-4-2-6-16(14)13(9)10/h1,3,5,11-12,15H,2,4,6-8H2/t11-,12-/m0/s1. The lowest BCUT2D eigenvalue weighted by molar-refractivity contribution is -0.122. The van der Waals surface area contributed by atoms with Crippen molar-refractivity contribution in [2.75, 3.05) is 24.5 Å². The van der Waals surface area contributed by atoms with Crippen LogP contribution in [0.15, 0.2) is 18.2 Å². The Morgan fingerprint density at radius 1 is 1.24 bits per heavy atom. The minimum absolute atomic E-state index is 0.177. The maximum Gasteiger partial charge on any atom is 0.232 e. The molecule has 0 bridgehead atoms. The van der Waals surface area contributed by atoms with Crippen LogP contribution in [-0.2, 0) is 11.2 Å². The molecule has 3 heteroatoms. The summed E-state index contributed by atoms with van der Waals surface area (Å²) in [5, 5.41) is 3.37. The number of amides is 1. The number of rotatable bonds is 0. The zero-order chi connectivity index (χ0) is 11.4. The van der Waals surface area contributed by atoms with Gasteiger partial charge in [0.05, 0.1) is 11.6 Å². The van der Waals surface area contributed by atoms with E-state index in [0.29, 0.717) is 11.8 Å². The Labute approximate surface area is 101 Å². The molecule has 0 saturated carbocycles. The molecular weight excluding hydrogens is 212 g/mol. The number of para-hydroxylation sites is 1. The van der Waals surface area contributed by atoms with Gasteiger partial charge in [0.15, 0.2) is 0 Å². The minimum atomic E-state index is 0.177. The number of nitrogens with one attached hydrogen (secondary N) is 1. The van der Waals surface area contributed by atoms with E-state index >= 15 is 0 Å². The lowest BCUT2D eigenvalue weighted by Gasteiger charge is -2.40. The van der Waals surface area contributed by atoms with Gasteiger partial charge in [-0.15, -0.1) is 0 Å². The Balaban J connectivity index is 1.96. The van der Waals surface area contributed by atoms with Crippen molar-refractivity contribution in [2.24, 2.45) is 5.92 Å². The van der Waals surface area contributed by atoms with E-state index in [-0.39, 0.29) is 5.92 Å². The van der Waals surface area contributed by atoms with Crippen LogP contribution in [0, 0.1) is 5.92 Å². The number of nitrogens with zero attached hydrogens (tertiary/aromatic N) is 1. The molecule has 0 aromatic heterocycles. The van der Waals surface area contributed by atoms with Crippen molar-refractivity contribution in [2.45, 2.75) is 18.8 Å². The number of anilines is 1. The summed E-state index contributed by atoms with van der Waals surface area (Å²) in [4.78, 5) is 14.5. The molecule has 1 amide bonds. The molecule has 1 fully saturated rings. The maximum absolute atomic E-state index is 12.5. The summed E-state index contributed by atoms with van der Waals surface area (Å²) < 4.78 is 0. The van der Waals surface area contributed by atoms with Crippen molar-refractivity contribution in [1.82, 2.24) is 5.32 Å². The van der Waals surface area contributed by atoms with Gasteiger partial charge in [0.25, 0.3) is 0 Å². The second-order valence-corrected chi connectivity index (χ2v) is 5.32. The second-order valence-electron chi connectivity index (χ2n) is 5.32. The topological polar surface area (TPSA) is 32.3 Å². The average Bonchev–Trinajstić information content (AvgIpc) is 2.85. The number of carbonyl (C=O) groups is 1. The fourth-order valence-corrected chi connectivity index (χ4v) is 3.67. The van der Waals surface area contributed by atoms with Gasteiger partial charge in [-0.1, -0.05) is 18.2 Å². The van der Waals surface area contributed by atoms with Gasteiger partial charge >= 0.3 is 0 Å². The quantitative estimate of drug-likeness (QED) is 0.725. The highest BCUT2D eigenvalue weighted by atomic mass is 16.2. The molecule has 1 aromatic rings. The van der Waals surface area contributed by atoms with Gasteiger partial charge < -0.3 is 10.2 Å². The van der Waals surface area contributed by atoms with Crippen LogP contribution in [0.2, 0.25) is 0 Å². The van der Waals surface area contributed by atoms with Crippen LogP contribution in [-0.4, -0.2) is 25.5 Å². The molecule has 0 spiro atoms. The van der Waals surface area contributed by atoms with Gasteiger partial charge in [-0.05, 0) is 24.0 Å². The lowest BCUT2D eigenvalue weighted by Crippen LogP contribution is -2.45. The molecule has 88 valence electrons. The second kappa shape index (κ2) is 3.33. The summed E-state index contributed by atoms with van der Waals surface area (Å²) in [6.07, 6.45) is 2.23. The van der Waals surface area contributed by atoms with Crippen molar-refractivity contribution in [3.05, 3.63) is 29.3 Å². The highest BCUT2D eigenvalue weighted by Gasteiger charge is 2.44. The van der Waals surface area contributed by atoms with Gasteiger partial charge in [-0.3, -0.25) is 4.79 Å². The predicted molar refractivity (Wildman–Crippen MR) is 66.2 cm³/mol. The summed E-state index contributed by atoms with van der Waals surface area (Å²) in [6, 6.07) is 6.55. The van der Waals surface area contributed by atoms with Crippen LogP contribution in [0.4, 0.5) is 5.69 Å². The van der Waals surface area contributed by atoms with Crippen LogP contribution in [0.3, 0.4) is 0 Å². The number of hydrogen-bond acceptors (Lipinski definition) is 2. The Morgan fingerprint density at radius 3 is 3.06 bits per heavy atom. The Bertz CT molecular complexity index is 497. The third-order valence-corrected chi connectivity index (χ3v) is 4.45. The predicted octanol–water partition coefficient (Wildman–Crippen LogP) is 1.28. The number of carbonyl (C=O) groups excluding carboxylic acids is 1. The van der Waals surface area contributed by atoms with Crippen molar-refractivity contribution in [3.8, 4) is 0 Å². The monoisotopic (exact) mass is 228 g/mol. The number of benzene rings is 1. The van der Waals surface area contributed by atoms with E-state index in [0.717, 1.165) is 32.5 Å². The van der Waals surface area contributed by atoms with Crippen LogP contribution in [0.25, 0.3) is 0 Å². The van der Waals surface area contributed by atoms with Crippen molar-refractivity contribution >= 4 is 11.6 Å². The Morgan fingerprint density at radius 2 is 2.12 bits per heavy atom. The van der Waals surface area contributed by atoms with Crippen LogP contribution in [0.5, 0.6) is 0 Å². The first-order valence-electron chi connectivity index (χ1n) is 6.50. The fraction of sp³-hybridized carbons (Fsp3) is 0.500. The summed E-state index contributed by atoms with van der Waals surface area (Å²) >= 11 is 0. The zero-order valence-electron chi connectivity index (χ0n) is 9.78. The highest BCUT2D eigenvalue weighted by molar-refractivity contribution is 6.00. The largest absolute Gasteiger partial charge is 0.315 e. The van der Waals surface area contributed by atoms with E-state index in [1.54, 1.807) is 0 Å². The van der Waals surface area contributed by atoms with Crippen molar-refractivity contribution in [3.63, 3.8) is 0 Å². The van der Waals surface area contributed by atoms with E-state index in [1.165, 1.54) is 16.8 Å². The Kier molecular flexibility index (Phi) is 1.89. The minimum Gasteiger partial charge on any atom is -0.315 e. The molecule has 1 saturated heterocycles. The third-order valence-electron chi connectivity index (χ3n) is 4.45. The molecule has 3 aliphatic rings. The molecular formula is C14H16N2O. The van der Waals surface area contributed by atoms with E-state index in [2.05, 4.69) is 23.5 Å². The first-order chi connectivity index (χ1) is 8.36. The smallest absolute Gasteiger partial charge is 0.232 e. The molecule has 4 rings (SSSR count). The summed E-state index contributed by atoms with van der Waals surface area (Å²) in [6.45, 7) is 2.72. The highest BCUT2D eigenvalue weighted by Crippen LogP contribution is 2.44. The molecule has 0 aliphatic carbocycles. The summed E-state index contributed by atoms with van der Waals surface area (Å²) in [7, 11) is 0. The molecule has 3 aliphatic heterocycles. The molecule has 0 unspecified atom stereocenters. The van der Waals surface area contributed by atoms with Crippen LogP contribution in [0.1, 0.15) is 23.5 Å². The van der Waals surface area contributed by atoms with Gasteiger partial charge in [0.2, 0.25) is 5.91 Å². The van der Waals surface area contributed by atoms with E-state index in [1.807, 2.05) is 4.90 Å². The van der Waals surface area contributed by atoms with Crippen molar-refractivity contribution in [1.29, 1.82) is 0 Å². The lowest BCUT2D eigenvalue weighted by atomic mass is 9.80. The maximum atomic E-state index is 12.5. The number of aryl methyl sites for hydroxylation is 1. The SMILES string of the molecule is O=C1[C@H]2CNC[C@H]2c2cccc3c2N1CCC3. The van der Waals surface area contributed by atoms with E-state index < -0.39 is 0 Å². The zero-order valence-corrected chi connectivity index (χ0v) is 9.78. The number of fused-ring (bicyclic) bond motifs is 2. The number of hydrogen-bond donors (Lipinski definition) is 1. The van der Waals surface area contributed by atoms with E-state index in [4.69, 9.17) is 0 Å². The summed E-state index contributed by atoms with van der Waals surface area (Å²) in [5.41, 5.74) is 4.01. The molecule has 2 atom stereocenters. The van der Waals surface area contributed by atoms with Gasteiger partial charge in [-0.2, -0.15) is 0 Å². The normalized spacial score (nSPS) is 30.1. The molecule has 3 heterocycles. The Hall–Kier alpha value is -1.35. The van der Waals surface area contributed by atoms with Crippen molar-refractivity contribution < 1.29 is 4.79 Å². The van der Waals surface area contributed by atoms with Gasteiger partial charge in [0.1, 0.15) is 0 Å². The van der Waals surface area contributed by atoms with Crippen LogP contribution < -0.4 is 10.2 Å². The molecule has 3 nitrogen and oxygen atoms in total. The fourth-order valence-electron chi connectivity index (χ4n) is 3.67. The average molecular weight is 228 g/mol. The third kappa shape index (κ3) is 1.18. The molecule has 17 heavy (non-hydrogen) atoms. The van der Waals surface area contributed by atoms with Crippen LogP contribution >= 0.6 is 0 Å².